The number of phenols is 1. The van der Waals surface area contributed by atoms with Crippen molar-refractivity contribution in [1.29, 1.82) is 0 Å². The van der Waals surface area contributed by atoms with Crippen LogP contribution in [-0.4, -0.2) is 28.6 Å². The number of fused-ring (bicyclic) bond motifs is 1. The van der Waals surface area contributed by atoms with Crippen LogP contribution in [0.1, 0.15) is 35.3 Å². The van der Waals surface area contributed by atoms with Crippen LogP contribution in [0.2, 0.25) is 5.02 Å². The topological polar surface area (TPSA) is 88.0 Å². The Bertz CT molecular complexity index is 1410. The van der Waals surface area contributed by atoms with Crippen LogP contribution in [0.3, 0.4) is 0 Å². The molecular weight excluding hydrogens is 464 g/mol. The number of aromatic hydroxyl groups is 1. The Hall–Kier alpha value is -4.16. The lowest BCUT2D eigenvalue weighted by atomic mass is 10.0. The van der Waals surface area contributed by atoms with Gasteiger partial charge >= 0.3 is 0 Å². The molecule has 0 aliphatic carbocycles. The highest BCUT2D eigenvalue weighted by atomic mass is 35.5. The standard InChI is InChI=1S/C28H23ClN2O4/c1-28(2,27(34)31-30-17-21-8-7-18-5-3-4-6-24(18)26(21)33)35-23-15-11-20(12-16-23)25(32)19-9-13-22(29)14-10-19/h3-17,33H,1-2H3,(H,31,34)/b30-17+. The van der Waals surface area contributed by atoms with E-state index in [1.807, 2.05) is 30.3 Å². The lowest BCUT2D eigenvalue weighted by molar-refractivity contribution is -0.134. The summed E-state index contributed by atoms with van der Waals surface area (Å²) in [7, 11) is 0. The van der Waals surface area contributed by atoms with Crippen LogP contribution in [-0.2, 0) is 4.79 Å². The zero-order valence-corrected chi connectivity index (χ0v) is 19.9. The number of rotatable bonds is 7. The normalized spacial score (nSPS) is 11.5. The number of phenolic OH excluding ortho intramolecular Hbond substituents is 1. The van der Waals surface area contributed by atoms with E-state index in [1.165, 1.54) is 6.21 Å². The molecule has 0 aliphatic rings. The molecule has 1 amide bonds. The Labute approximate surface area is 207 Å². The molecule has 2 N–H and O–H groups in total. The van der Waals surface area contributed by atoms with E-state index in [1.54, 1.807) is 68.4 Å². The van der Waals surface area contributed by atoms with Crippen LogP contribution in [0.4, 0.5) is 0 Å². The molecule has 0 saturated heterocycles. The van der Waals surface area contributed by atoms with E-state index in [-0.39, 0.29) is 11.5 Å². The summed E-state index contributed by atoms with van der Waals surface area (Å²) < 4.78 is 5.84. The highest BCUT2D eigenvalue weighted by Crippen LogP contribution is 2.27. The number of amides is 1. The molecule has 0 bridgehead atoms. The minimum atomic E-state index is -1.25. The van der Waals surface area contributed by atoms with Crippen molar-refractivity contribution in [2.75, 3.05) is 0 Å². The molecule has 0 unspecified atom stereocenters. The predicted octanol–water partition coefficient (Wildman–Crippen LogP) is 5.74. The molecule has 0 aliphatic heterocycles. The largest absolute Gasteiger partial charge is 0.507 e. The van der Waals surface area contributed by atoms with Gasteiger partial charge in [0, 0.05) is 27.1 Å². The fraction of sp³-hybridized carbons (Fsp3) is 0.107. The smallest absolute Gasteiger partial charge is 0.283 e. The summed E-state index contributed by atoms with van der Waals surface area (Å²) in [5, 5.41) is 16.6. The quantitative estimate of drug-likeness (QED) is 0.198. The van der Waals surface area contributed by atoms with Crippen LogP contribution < -0.4 is 10.2 Å². The molecule has 4 rings (SSSR count). The summed E-state index contributed by atoms with van der Waals surface area (Å²) in [5.74, 6) is -0.106. The second-order valence-corrected chi connectivity index (χ2v) is 8.83. The lowest BCUT2D eigenvalue weighted by Crippen LogP contribution is -2.44. The van der Waals surface area contributed by atoms with Gasteiger partial charge in [-0.25, -0.2) is 5.43 Å². The molecule has 176 valence electrons. The average Bonchev–Trinajstić information content (AvgIpc) is 2.86. The summed E-state index contributed by atoms with van der Waals surface area (Å²) in [4.78, 5) is 25.3. The van der Waals surface area contributed by atoms with Gasteiger partial charge < -0.3 is 9.84 Å². The second-order valence-electron chi connectivity index (χ2n) is 8.40. The lowest BCUT2D eigenvalue weighted by Gasteiger charge is -2.24. The Kier molecular flexibility index (Phi) is 6.85. The molecule has 4 aromatic carbocycles. The summed E-state index contributed by atoms with van der Waals surface area (Å²) in [6.45, 7) is 3.22. The monoisotopic (exact) mass is 486 g/mol. The number of hydrogen-bond donors (Lipinski definition) is 2. The molecule has 35 heavy (non-hydrogen) atoms. The minimum absolute atomic E-state index is 0.0878. The Morgan fingerprint density at radius 1 is 0.914 bits per heavy atom. The maximum atomic E-state index is 12.7. The first-order valence-electron chi connectivity index (χ1n) is 10.9. The number of halogens is 1. The molecule has 6 nitrogen and oxygen atoms in total. The van der Waals surface area contributed by atoms with Crippen molar-refractivity contribution in [2.45, 2.75) is 19.4 Å². The van der Waals surface area contributed by atoms with Gasteiger partial charge in [0.25, 0.3) is 5.91 Å². The predicted molar refractivity (Wildman–Crippen MR) is 137 cm³/mol. The number of hydrogen-bond acceptors (Lipinski definition) is 5. The molecule has 0 aromatic heterocycles. The van der Waals surface area contributed by atoms with E-state index >= 15 is 0 Å². The van der Waals surface area contributed by atoms with Crippen LogP contribution in [0, 0.1) is 0 Å². The van der Waals surface area contributed by atoms with Crippen molar-refractivity contribution in [2.24, 2.45) is 5.10 Å². The number of carbonyl (C=O) groups is 2. The van der Waals surface area contributed by atoms with Crippen molar-refractivity contribution in [3.8, 4) is 11.5 Å². The summed E-state index contributed by atoms with van der Waals surface area (Å²) in [6.07, 6.45) is 1.38. The van der Waals surface area contributed by atoms with Crippen LogP contribution in [0.15, 0.2) is 90.0 Å². The third-order valence-electron chi connectivity index (χ3n) is 5.44. The highest BCUT2D eigenvalue weighted by Gasteiger charge is 2.30. The van der Waals surface area contributed by atoms with Gasteiger partial charge in [0.2, 0.25) is 0 Å². The molecule has 4 aromatic rings. The second kappa shape index (κ2) is 9.99. The summed E-state index contributed by atoms with van der Waals surface area (Å²) in [5.41, 5.74) is 2.70. The highest BCUT2D eigenvalue weighted by molar-refractivity contribution is 6.30. The number of ether oxygens (including phenoxy) is 1. The third-order valence-corrected chi connectivity index (χ3v) is 5.70. The molecule has 7 heteroatoms. The number of hydrazone groups is 1. The van der Waals surface area contributed by atoms with E-state index in [0.29, 0.717) is 32.8 Å². The molecular formula is C28H23ClN2O4. The van der Waals surface area contributed by atoms with Gasteiger partial charge in [0.15, 0.2) is 11.4 Å². The fourth-order valence-electron chi connectivity index (χ4n) is 3.45. The van der Waals surface area contributed by atoms with Crippen LogP contribution in [0.25, 0.3) is 10.8 Å². The van der Waals surface area contributed by atoms with E-state index in [0.717, 1.165) is 5.39 Å². The molecule has 0 radical (unpaired) electrons. The zero-order valence-electron chi connectivity index (χ0n) is 19.2. The van der Waals surface area contributed by atoms with Crippen LogP contribution in [0.5, 0.6) is 11.5 Å². The first-order valence-corrected chi connectivity index (χ1v) is 11.3. The Morgan fingerprint density at radius 3 is 2.23 bits per heavy atom. The number of nitrogens with one attached hydrogen (secondary N) is 1. The van der Waals surface area contributed by atoms with Crippen molar-refractivity contribution in [3.05, 3.63) is 107 Å². The Morgan fingerprint density at radius 2 is 1.54 bits per heavy atom. The van der Waals surface area contributed by atoms with Gasteiger partial charge in [-0.2, -0.15) is 5.10 Å². The average molecular weight is 487 g/mol. The van der Waals surface area contributed by atoms with Crippen molar-refractivity contribution in [3.63, 3.8) is 0 Å². The number of benzene rings is 4. The Balaban J connectivity index is 1.39. The van der Waals surface area contributed by atoms with Gasteiger partial charge in [0.1, 0.15) is 11.5 Å². The molecule has 0 atom stereocenters. The van der Waals surface area contributed by atoms with E-state index in [2.05, 4.69) is 10.5 Å². The van der Waals surface area contributed by atoms with Crippen LogP contribution >= 0.6 is 11.6 Å². The number of nitrogens with zero attached hydrogens (tertiary/aromatic N) is 1. The SMILES string of the molecule is CC(C)(Oc1ccc(C(=O)c2ccc(Cl)cc2)cc1)C(=O)N/N=C/c1ccc2ccccc2c1O. The fourth-order valence-corrected chi connectivity index (χ4v) is 3.58. The maximum Gasteiger partial charge on any atom is 0.283 e. The molecule has 0 spiro atoms. The van der Waals surface area contributed by atoms with Gasteiger partial charge in [-0.3, -0.25) is 9.59 Å². The van der Waals surface area contributed by atoms with Gasteiger partial charge in [-0.05, 0) is 73.8 Å². The first kappa shape index (κ1) is 24.0. The van der Waals surface area contributed by atoms with Crippen molar-refractivity contribution >= 4 is 40.3 Å². The molecule has 0 fully saturated rings. The van der Waals surface area contributed by atoms with E-state index < -0.39 is 11.5 Å². The van der Waals surface area contributed by atoms with E-state index in [9.17, 15) is 14.7 Å². The van der Waals surface area contributed by atoms with Gasteiger partial charge in [-0.15, -0.1) is 0 Å². The maximum absolute atomic E-state index is 12.7. The van der Waals surface area contributed by atoms with Gasteiger partial charge in [-0.1, -0.05) is 41.9 Å². The first-order chi connectivity index (χ1) is 16.7. The van der Waals surface area contributed by atoms with Crippen molar-refractivity contribution in [1.82, 2.24) is 5.43 Å². The molecule has 0 heterocycles. The zero-order chi connectivity index (χ0) is 25.0. The summed E-state index contributed by atoms with van der Waals surface area (Å²) in [6, 6.07) is 24.2. The summed E-state index contributed by atoms with van der Waals surface area (Å²) >= 11 is 5.88. The number of carbonyl (C=O) groups excluding carboxylic acids is 2. The molecule has 0 saturated carbocycles. The van der Waals surface area contributed by atoms with E-state index in [4.69, 9.17) is 16.3 Å². The van der Waals surface area contributed by atoms with Crippen molar-refractivity contribution < 1.29 is 19.4 Å². The third kappa shape index (κ3) is 5.50. The number of ketones is 1. The minimum Gasteiger partial charge on any atom is -0.507 e. The van der Waals surface area contributed by atoms with Gasteiger partial charge in [0.05, 0.1) is 6.21 Å².